The molecule has 1 aliphatic rings. The molecule has 2 aromatic rings. The molecule has 26 heavy (non-hydrogen) atoms. The molecule has 0 aliphatic carbocycles. The van der Waals surface area contributed by atoms with Crippen LogP contribution in [0.3, 0.4) is 0 Å². The molecular weight excluding hydrogens is 372 g/mol. The van der Waals surface area contributed by atoms with Crippen LogP contribution in [0.5, 0.6) is 0 Å². The van der Waals surface area contributed by atoms with Crippen LogP contribution < -0.4 is 5.32 Å². The first-order chi connectivity index (χ1) is 12.5. The summed E-state index contributed by atoms with van der Waals surface area (Å²) in [5.41, 5.74) is 1.32. The molecule has 7 heteroatoms. The third-order valence-electron chi connectivity index (χ3n) is 3.70. The van der Waals surface area contributed by atoms with Crippen molar-refractivity contribution >= 4 is 46.5 Å². The summed E-state index contributed by atoms with van der Waals surface area (Å²) in [5.74, 6) is -0.599. The van der Waals surface area contributed by atoms with Gasteiger partial charge in [0.1, 0.15) is 0 Å². The normalized spacial score (nSPS) is 15.6. The molecule has 3 amide bonds. The highest BCUT2D eigenvalue weighted by Gasteiger charge is 2.34. The second-order valence-corrected chi connectivity index (χ2v) is 6.94. The first-order valence-electron chi connectivity index (χ1n) is 7.89. The fraction of sp³-hybridized carbons (Fsp3) is 0.105. The Morgan fingerprint density at radius 2 is 1.77 bits per heavy atom. The zero-order valence-corrected chi connectivity index (χ0v) is 15.2. The summed E-state index contributed by atoms with van der Waals surface area (Å²) in [4.78, 5) is 38.0. The molecule has 1 N–H and O–H groups in total. The summed E-state index contributed by atoms with van der Waals surface area (Å²) in [6, 6.07) is 15.7. The fourth-order valence-electron chi connectivity index (χ4n) is 2.38. The minimum Gasteiger partial charge on any atom is -0.350 e. The van der Waals surface area contributed by atoms with Crippen LogP contribution >= 0.6 is 23.4 Å². The van der Waals surface area contributed by atoms with Crippen LogP contribution in [0.25, 0.3) is 6.08 Å². The van der Waals surface area contributed by atoms with Gasteiger partial charge in [-0.3, -0.25) is 19.3 Å². The molecule has 0 bridgehead atoms. The predicted octanol–water partition coefficient (Wildman–Crippen LogP) is 3.81. The molecule has 1 heterocycles. The SMILES string of the molecule is O=C(NCCN1C(=O)SC(=Cc2ccc(Cl)cc2)C1=O)c1ccccc1. The Labute approximate surface area is 160 Å². The number of nitrogens with one attached hydrogen (secondary N) is 1. The summed E-state index contributed by atoms with van der Waals surface area (Å²) < 4.78 is 0. The molecule has 1 saturated heterocycles. The highest BCUT2D eigenvalue weighted by atomic mass is 35.5. The van der Waals surface area contributed by atoms with Gasteiger partial charge in [-0.15, -0.1) is 0 Å². The van der Waals surface area contributed by atoms with E-state index in [1.165, 1.54) is 0 Å². The van der Waals surface area contributed by atoms with Gasteiger partial charge in [-0.2, -0.15) is 0 Å². The number of rotatable bonds is 5. The van der Waals surface area contributed by atoms with Crippen LogP contribution in [0.4, 0.5) is 4.79 Å². The smallest absolute Gasteiger partial charge is 0.293 e. The molecule has 1 aliphatic heterocycles. The number of thioether (sulfide) groups is 1. The van der Waals surface area contributed by atoms with E-state index in [0.29, 0.717) is 15.5 Å². The first kappa shape index (κ1) is 18.2. The minimum atomic E-state index is -0.357. The zero-order chi connectivity index (χ0) is 18.5. The molecular formula is C19H15ClN2O3S. The van der Waals surface area contributed by atoms with Gasteiger partial charge in [-0.05, 0) is 47.7 Å². The Hall–Kier alpha value is -2.57. The van der Waals surface area contributed by atoms with Crippen molar-refractivity contribution in [2.24, 2.45) is 0 Å². The van der Waals surface area contributed by atoms with Crippen molar-refractivity contribution in [3.05, 3.63) is 75.7 Å². The maximum Gasteiger partial charge on any atom is 0.293 e. The van der Waals surface area contributed by atoms with E-state index in [9.17, 15) is 14.4 Å². The maximum absolute atomic E-state index is 12.4. The van der Waals surface area contributed by atoms with Gasteiger partial charge in [0, 0.05) is 23.7 Å². The van der Waals surface area contributed by atoms with Gasteiger partial charge in [0.15, 0.2) is 0 Å². The molecule has 0 unspecified atom stereocenters. The van der Waals surface area contributed by atoms with Crippen molar-refractivity contribution < 1.29 is 14.4 Å². The molecule has 5 nitrogen and oxygen atoms in total. The lowest BCUT2D eigenvalue weighted by molar-refractivity contribution is -0.122. The van der Waals surface area contributed by atoms with Crippen molar-refractivity contribution in [2.45, 2.75) is 0 Å². The second-order valence-electron chi connectivity index (χ2n) is 5.51. The Morgan fingerprint density at radius 1 is 1.08 bits per heavy atom. The largest absolute Gasteiger partial charge is 0.350 e. The van der Waals surface area contributed by atoms with Gasteiger partial charge in [0.05, 0.1) is 4.91 Å². The average Bonchev–Trinajstić information content (AvgIpc) is 2.91. The van der Waals surface area contributed by atoms with E-state index in [4.69, 9.17) is 11.6 Å². The lowest BCUT2D eigenvalue weighted by Gasteiger charge is -2.13. The lowest BCUT2D eigenvalue weighted by atomic mass is 10.2. The van der Waals surface area contributed by atoms with E-state index in [1.807, 2.05) is 6.07 Å². The van der Waals surface area contributed by atoms with E-state index >= 15 is 0 Å². The van der Waals surface area contributed by atoms with Gasteiger partial charge in [-0.25, -0.2) is 0 Å². The standard InChI is InChI=1S/C19H15ClN2O3S/c20-15-8-6-13(7-9-15)12-16-18(24)22(19(25)26-16)11-10-21-17(23)14-4-2-1-3-5-14/h1-9,12H,10-11H2,(H,21,23). The van der Waals surface area contributed by atoms with Crippen molar-refractivity contribution in [1.29, 1.82) is 0 Å². The monoisotopic (exact) mass is 386 g/mol. The summed E-state index contributed by atoms with van der Waals surface area (Å²) in [6.07, 6.45) is 1.66. The van der Waals surface area contributed by atoms with Gasteiger partial charge >= 0.3 is 0 Å². The molecule has 0 radical (unpaired) electrons. The van der Waals surface area contributed by atoms with Crippen LogP contribution in [0.15, 0.2) is 59.5 Å². The van der Waals surface area contributed by atoms with Gasteiger partial charge < -0.3 is 5.32 Å². The average molecular weight is 387 g/mol. The first-order valence-corrected chi connectivity index (χ1v) is 9.08. The highest BCUT2D eigenvalue weighted by Crippen LogP contribution is 2.32. The van der Waals surface area contributed by atoms with E-state index in [-0.39, 0.29) is 30.1 Å². The number of hydrogen-bond acceptors (Lipinski definition) is 4. The Morgan fingerprint density at radius 3 is 2.46 bits per heavy atom. The van der Waals surface area contributed by atoms with Crippen LogP contribution in [-0.4, -0.2) is 35.0 Å². The second kappa shape index (κ2) is 8.21. The predicted molar refractivity (Wildman–Crippen MR) is 103 cm³/mol. The number of imide groups is 1. The number of carbonyl (C=O) groups excluding carboxylic acids is 3. The van der Waals surface area contributed by atoms with Gasteiger partial charge in [0.2, 0.25) is 0 Å². The Kier molecular flexibility index (Phi) is 5.75. The number of nitrogens with zero attached hydrogens (tertiary/aromatic N) is 1. The van der Waals surface area contributed by atoms with Gasteiger partial charge in [0.25, 0.3) is 17.1 Å². The number of halogens is 1. The fourth-order valence-corrected chi connectivity index (χ4v) is 3.37. The molecule has 0 aromatic heterocycles. The van der Waals surface area contributed by atoms with Crippen molar-refractivity contribution in [1.82, 2.24) is 10.2 Å². The summed E-state index contributed by atoms with van der Waals surface area (Å²) >= 11 is 6.73. The van der Waals surface area contributed by atoms with Crippen molar-refractivity contribution in [3.8, 4) is 0 Å². The van der Waals surface area contributed by atoms with Crippen LogP contribution in [0.1, 0.15) is 15.9 Å². The Bertz CT molecular complexity index is 866. The third-order valence-corrected chi connectivity index (χ3v) is 4.86. The van der Waals surface area contributed by atoms with E-state index < -0.39 is 0 Å². The third kappa shape index (κ3) is 4.33. The molecule has 3 rings (SSSR count). The van der Waals surface area contributed by atoms with E-state index in [1.54, 1.807) is 54.6 Å². The maximum atomic E-state index is 12.4. The molecule has 0 saturated carbocycles. The molecule has 2 aromatic carbocycles. The summed E-state index contributed by atoms with van der Waals surface area (Å²) in [6.45, 7) is 0.321. The summed E-state index contributed by atoms with van der Waals surface area (Å²) in [5, 5.41) is 2.97. The number of benzene rings is 2. The van der Waals surface area contributed by atoms with E-state index in [2.05, 4.69) is 5.32 Å². The number of hydrogen-bond donors (Lipinski definition) is 1. The molecule has 132 valence electrons. The topological polar surface area (TPSA) is 66.5 Å². The highest BCUT2D eigenvalue weighted by molar-refractivity contribution is 8.18. The minimum absolute atomic E-state index is 0.126. The van der Waals surface area contributed by atoms with Crippen LogP contribution in [0.2, 0.25) is 5.02 Å². The Balaban J connectivity index is 1.59. The number of amides is 3. The van der Waals surface area contributed by atoms with Crippen LogP contribution in [0, 0.1) is 0 Å². The van der Waals surface area contributed by atoms with Crippen molar-refractivity contribution in [3.63, 3.8) is 0 Å². The van der Waals surface area contributed by atoms with Crippen LogP contribution in [-0.2, 0) is 4.79 Å². The molecule has 1 fully saturated rings. The summed E-state index contributed by atoms with van der Waals surface area (Å²) in [7, 11) is 0. The quantitative estimate of drug-likeness (QED) is 0.793. The van der Waals surface area contributed by atoms with Crippen molar-refractivity contribution in [2.75, 3.05) is 13.1 Å². The molecule has 0 atom stereocenters. The lowest BCUT2D eigenvalue weighted by Crippen LogP contribution is -2.37. The molecule has 0 spiro atoms. The zero-order valence-electron chi connectivity index (χ0n) is 13.6. The van der Waals surface area contributed by atoms with E-state index in [0.717, 1.165) is 22.2 Å². The number of carbonyl (C=O) groups is 3. The van der Waals surface area contributed by atoms with Gasteiger partial charge in [-0.1, -0.05) is 41.9 Å².